The van der Waals surface area contributed by atoms with Crippen LogP contribution in [-0.2, 0) is 33.6 Å². The van der Waals surface area contributed by atoms with Crippen LogP contribution in [0.5, 0.6) is 0 Å². The number of rotatable bonds is 21. The van der Waals surface area contributed by atoms with E-state index in [0.717, 1.165) is 45.9 Å². The van der Waals surface area contributed by atoms with Crippen LogP contribution in [0.4, 0.5) is 0 Å². The zero-order valence-corrected chi connectivity index (χ0v) is 23.7. The smallest absolute Gasteiger partial charge is 0.305 e. The van der Waals surface area contributed by atoms with Crippen LogP contribution in [-0.4, -0.2) is 76.9 Å². The van der Waals surface area contributed by atoms with Gasteiger partial charge in [-0.05, 0) is 12.8 Å². The molecule has 0 aliphatic rings. The molecular formula is C25H51NO8S. The van der Waals surface area contributed by atoms with Gasteiger partial charge < -0.3 is 18.5 Å². The summed E-state index contributed by atoms with van der Waals surface area (Å²) in [6.45, 7) is 6.73. The molecule has 35 heavy (non-hydrogen) atoms. The van der Waals surface area contributed by atoms with E-state index in [-0.39, 0.29) is 11.9 Å². The average Bonchev–Trinajstić information content (AvgIpc) is 2.78. The lowest BCUT2D eigenvalue weighted by Gasteiger charge is -2.29. The third-order valence-electron chi connectivity index (χ3n) is 5.59. The Kier molecular flexibility index (Phi) is 23.8. The van der Waals surface area contributed by atoms with Gasteiger partial charge in [0.05, 0.1) is 21.2 Å². The van der Waals surface area contributed by atoms with E-state index >= 15 is 0 Å². The van der Waals surface area contributed by atoms with Gasteiger partial charge in [-0.2, -0.15) is 0 Å². The topological polar surface area (TPSA) is 119 Å². The van der Waals surface area contributed by atoms with Gasteiger partial charge in [-0.15, -0.1) is 0 Å². The van der Waals surface area contributed by atoms with Gasteiger partial charge in [0.15, 0.2) is 0 Å². The number of carbonyl (C=O) groups is 2. The summed E-state index contributed by atoms with van der Waals surface area (Å²) in [5.74, 6) is -0.184. The third kappa shape index (κ3) is 30.7. The SMILES string of the molecule is CCCCCCCCC(=O)OCC[N+](C)(C)CCOC(=O)CCCCCCCC.COS(=O)(=O)[O-]. The molecule has 0 heterocycles. The first-order valence-corrected chi connectivity index (χ1v) is 14.5. The first-order valence-electron chi connectivity index (χ1n) is 13.1. The van der Waals surface area contributed by atoms with Gasteiger partial charge in [-0.25, -0.2) is 8.42 Å². The van der Waals surface area contributed by atoms with Crippen molar-refractivity contribution >= 4 is 22.3 Å². The molecule has 0 N–H and O–H groups in total. The van der Waals surface area contributed by atoms with Crippen LogP contribution in [0.3, 0.4) is 0 Å². The minimum Gasteiger partial charge on any atom is -0.726 e. The van der Waals surface area contributed by atoms with Crippen LogP contribution < -0.4 is 0 Å². The van der Waals surface area contributed by atoms with Crippen LogP contribution in [0.15, 0.2) is 0 Å². The van der Waals surface area contributed by atoms with Gasteiger partial charge >= 0.3 is 11.9 Å². The van der Waals surface area contributed by atoms with E-state index in [1.54, 1.807) is 0 Å². The molecule has 0 saturated heterocycles. The molecule has 9 nitrogen and oxygen atoms in total. The second-order valence-corrected chi connectivity index (χ2v) is 10.6. The van der Waals surface area contributed by atoms with Crippen molar-refractivity contribution in [2.75, 3.05) is 47.5 Å². The number of hydrogen-bond acceptors (Lipinski definition) is 8. The highest BCUT2D eigenvalue weighted by molar-refractivity contribution is 7.80. The van der Waals surface area contributed by atoms with E-state index in [1.165, 1.54) is 51.4 Å². The normalized spacial score (nSPS) is 11.5. The quantitative estimate of drug-likeness (QED) is 0.0693. The molecule has 0 fully saturated rings. The van der Waals surface area contributed by atoms with Crippen LogP contribution in [0.1, 0.15) is 104 Å². The number of quaternary nitrogens is 1. The van der Waals surface area contributed by atoms with E-state index in [0.29, 0.717) is 30.5 Å². The summed E-state index contributed by atoms with van der Waals surface area (Å²) in [6.07, 6.45) is 15.1. The molecule has 210 valence electrons. The van der Waals surface area contributed by atoms with E-state index in [9.17, 15) is 22.6 Å². The van der Waals surface area contributed by atoms with Crippen molar-refractivity contribution in [3.05, 3.63) is 0 Å². The van der Waals surface area contributed by atoms with Crippen molar-refractivity contribution in [2.24, 2.45) is 0 Å². The van der Waals surface area contributed by atoms with Crippen LogP contribution in [0.25, 0.3) is 0 Å². The molecule has 10 heteroatoms. The Balaban J connectivity index is 0. The predicted molar refractivity (Wildman–Crippen MR) is 136 cm³/mol. The Morgan fingerprint density at radius 2 is 1.00 bits per heavy atom. The summed E-state index contributed by atoms with van der Waals surface area (Å²) in [5, 5.41) is 0. The number of carbonyl (C=O) groups excluding carboxylic acids is 2. The largest absolute Gasteiger partial charge is 0.726 e. The second kappa shape index (κ2) is 23.2. The number of nitrogens with zero attached hydrogens (tertiary/aromatic N) is 1. The zero-order chi connectivity index (χ0) is 27.0. The molecule has 0 aromatic rings. The first-order chi connectivity index (χ1) is 16.5. The fourth-order valence-electron chi connectivity index (χ4n) is 3.17. The molecule has 0 aliphatic heterocycles. The molecule has 0 aromatic heterocycles. The maximum atomic E-state index is 11.8. The molecule has 0 spiro atoms. The fourth-order valence-corrected chi connectivity index (χ4v) is 3.17. The van der Waals surface area contributed by atoms with Gasteiger partial charge in [-0.1, -0.05) is 78.1 Å². The molecule has 0 amide bonds. The number of ether oxygens (including phenoxy) is 2. The number of likely N-dealkylation sites (N-methyl/N-ethyl adjacent to an activating group) is 1. The molecule has 0 unspecified atom stereocenters. The molecule has 0 rings (SSSR count). The number of esters is 2. The highest BCUT2D eigenvalue weighted by atomic mass is 32.3. The van der Waals surface area contributed by atoms with Crippen molar-refractivity contribution in [2.45, 2.75) is 104 Å². The van der Waals surface area contributed by atoms with Gasteiger partial charge in [0.1, 0.15) is 26.3 Å². The summed E-state index contributed by atoms with van der Waals surface area (Å²) in [7, 11) is 0.541. The zero-order valence-electron chi connectivity index (χ0n) is 22.8. The van der Waals surface area contributed by atoms with Gasteiger partial charge in [-0.3, -0.25) is 13.8 Å². The van der Waals surface area contributed by atoms with E-state index in [1.807, 2.05) is 0 Å². The van der Waals surface area contributed by atoms with Crippen molar-refractivity contribution < 1.29 is 40.7 Å². The van der Waals surface area contributed by atoms with Crippen molar-refractivity contribution in [1.29, 1.82) is 0 Å². The maximum Gasteiger partial charge on any atom is 0.305 e. The fraction of sp³-hybridized carbons (Fsp3) is 0.920. The Morgan fingerprint density at radius 3 is 1.31 bits per heavy atom. The summed E-state index contributed by atoms with van der Waals surface area (Å²) < 4.78 is 42.4. The highest BCUT2D eigenvalue weighted by Gasteiger charge is 2.17. The Hall–Kier alpha value is -1.23. The van der Waals surface area contributed by atoms with Crippen LogP contribution in [0.2, 0.25) is 0 Å². The average molecular weight is 526 g/mol. The van der Waals surface area contributed by atoms with Gasteiger partial charge in [0.2, 0.25) is 10.4 Å². The molecule has 0 bridgehead atoms. The van der Waals surface area contributed by atoms with Crippen LogP contribution in [0, 0.1) is 0 Å². The summed E-state index contributed by atoms with van der Waals surface area (Å²) in [4.78, 5) is 23.6. The standard InChI is InChI=1S/C24H48NO4.CH4O4S/c1-5-7-9-11-13-15-17-23(26)28-21-19-25(3,4)20-22-29-24(27)18-16-14-12-10-8-6-2;1-5-6(2,3)4/h5-22H2,1-4H3;1H3,(H,2,3,4)/q+1;/p-1. The lowest BCUT2D eigenvalue weighted by Crippen LogP contribution is -2.45. The second-order valence-electron chi connectivity index (χ2n) is 9.43. The Labute approximate surface area is 214 Å². The Morgan fingerprint density at radius 1 is 0.686 bits per heavy atom. The lowest BCUT2D eigenvalue weighted by molar-refractivity contribution is -0.890. The van der Waals surface area contributed by atoms with Gasteiger partial charge in [0.25, 0.3) is 0 Å². The first kappa shape index (κ1) is 35.9. The minimum absolute atomic E-state index is 0.0918. The Bertz CT molecular complexity index is 587. The lowest BCUT2D eigenvalue weighted by atomic mass is 10.1. The molecule has 0 aromatic carbocycles. The number of unbranched alkanes of at least 4 members (excludes halogenated alkanes) is 10. The molecule has 0 saturated carbocycles. The van der Waals surface area contributed by atoms with E-state index < -0.39 is 10.4 Å². The number of hydrogen-bond donors (Lipinski definition) is 0. The highest BCUT2D eigenvalue weighted by Crippen LogP contribution is 2.09. The molecule has 0 atom stereocenters. The molecule has 0 radical (unpaired) electrons. The van der Waals surface area contributed by atoms with Crippen LogP contribution >= 0.6 is 0 Å². The molecular weight excluding hydrogens is 474 g/mol. The summed E-state index contributed by atoms with van der Waals surface area (Å²) >= 11 is 0. The predicted octanol–water partition coefficient (Wildman–Crippen LogP) is 4.74. The monoisotopic (exact) mass is 525 g/mol. The van der Waals surface area contributed by atoms with E-state index in [2.05, 4.69) is 32.1 Å². The molecule has 0 aliphatic carbocycles. The minimum atomic E-state index is -4.41. The maximum absolute atomic E-state index is 11.8. The van der Waals surface area contributed by atoms with Gasteiger partial charge in [0, 0.05) is 12.8 Å². The third-order valence-corrected chi connectivity index (χ3v) is 6.00. The van der Waals surface area contributed by atoms with Crippen molar-refractivity contribution in [1.82, 2.24) is 0 Å². The summed E-state index contributed by atoms with van der Waals surface area (Å²) in [5.41, 5.74) is 0. The summed E-state index contributed by atoms with van der Waals surface area (Å²) in [6, 6.07) is 0. The van der Waals surface area contributed by atoms with E-state index in [4.69, 9.17) is 9.47 Å². The van der Waals surface area contributed by atoms with Crippen molar-refractivity contribution in [3.8, 4) is 0 Å². The van der Waals surface area contributed by atoms with Crippen molar-refractivity contribution in [3.63, 3.8) is 0 Å².